The molecule has 0 aromatic heterocycles. The molecule has 0 spiro atoms. The summed E-state index contributed by atoms with van der Waals surface area (Å²) in [6, 6.07) is 8.59. The number of hydrogen-bond donors (Lipinski definition) is 2. The predicted octanol–water partition coefficient (Wildman–Crippen LogP) is 1.08. The van der Waals surface area contributed by atoms with Crippen molar-refractivity contribution in [3.63, 3.8) is 0 Å². The van der Waals surface area contributed by atoms with E-state index in [0.717, 1.165) is 32.4 Å². The van der Waals surface area contributed by atoms with E-state index in [0.29, 0.717) is 0 Å². The number of aryl methyl sites for hydroxylation is 1. The lowest BCUT2D eigenvalue weighted by molar-refractivity contribution is 0.830. The largest absolute Gasteiger partial charge is 0.330 e. The van der Waals surface area contributed by atoms with Gasteiger partial charge < -0.3 is 11.5 Å². The van der Waals surface area contributed by atoms with Crippen molar-refractivity contribution in [3.8, 4) is 0 Å². The Hall–Kier alpha value is -0.860. The Bertz CT molecular complexity index is 246. The molecule has 0 radical (unpaired) electrons. The molecular weight excluding hydrogens is 160 g/mol. The standard InChI is InChI=1S/C11H18N2/c12-7-2-5-10-3-1-4-11(9-10)6-8-13/h1,3-4,9H,2,5-8,12-13H2. The van der Waals surface area contributed by atoms with Crippen molar-refractivity contribution in [2.24, 2.45) is 11.5 Å². The van der Waals surface area contributed by atoms with Crippen LogP contribution >= 0.6 is 0 Å². The Morgan fingerprint density at radius 2 is 1.62 bits per heavy atom. The van der Waals surface area contributed by atoms with Crippen molar-refractivity contribution < 1.29 is 0 Å². The van der Waals surface area contributed by atoms with Gasteiger partial charge in [-0.2, -0.15) is 0 Å². The topological polar surface area (TPSA) is 52.0 Å². The zero-order valence-corrected chi connectivity index (χ0v) is 8.00. The first kappa shape index (κ1) is 10.2. The molecule has 1 aromatic carbocycles. The first-order valence-corrected chi connectivity index (χ1v) is 4.84. The van der Waals surface area contributed by atoms with E-state index in [-0.39, 0.29) is 0 Å². The maximum Gasteiger partial charge on any atom is -0.00367 e. The van der Waals surface area contributed by atoms with Crippen LogP contribution in [0.3, 0.4) is 0 Å². The quantitative estimate of drug-likeness (QED) is 0.709. The normalized spacial score (nSPS) is 10.3. The molecule has 0 atom stereocenters. The zero-order valence-electron chi connectivity index (χ0n) is 8.00. The van der Waals surface area contributed by atoms with Crippen LogP contribution < -0.4 is 11.5 Å². The summed E-state index contributed by atoms with van der Waals surface area (Å²) >= 11 is 0. The van der Waals surface area contributed by atoms with Gasteiger partial charge in [0.25, 0.3) is 0 Å². The minimum Gasteiger partial charge on any atom is -0.330 e. The third-order valence-corrected chi connectivity index (χ3v) is 2.09. The van der Waals surface area contributed by atoms with Crippen molar-refractivity contribution in [1.29, 1.82) is 0 Å². The van der Waals surface area contributed by atoms with Crippen LogP contribution in [0.15, 0.2) is 24.3 Å². The monoisotopic (exact) mass is 178 g/mol. The first-order chi connectivity index (χ1) is 6.36. The summed E-state index contributed by atoms with van der Waals surface area (Å²) in [5.74, 6) is 0. The zero-order chi connectivity index (χ0) is 9.52. The van der Waals surface area contributed by atoms with Crippen molar-refractivity contribution >= 4 is 0 Å². The first-order valence-electron chi connectivity index (χ1n) is 4.84. The molecule has 2 nitrogen and oxygen atoms in total. The van der Waals surface area contributed by atoms with Gasteiger partial charge in [0, 0.05) is 0 Å². The summed E-state index contributed by atoms with van der Waals surface area (Å²) in [4.78, 5) is 0. The smallest absolute Gasteiger partial charge is 0.00367 e. The minimum absolute atomic E-state index is 0.723. The fourth-order valence-electron chi connectivity index (χ4n) is 1.41. The van der Waals surface area contributed by atoms with Crippen LogP contribution in [0.4, 0.5) is 0 Å². The van der Waals surface area contributed by atoms with Crippen LogP contribution in [0.1, 0.15) is 17.5 Å². The lowest BCUT2D eigenvalue weighted by atomic mass is 10.0. The third-order valence-electron chi connectivity index (χ3n) is 2.09. The van der Waals surface area contributed by atoms with Crippen LogP contribution in [0, 0.1) is 0 Å². The van der Waals surface area contributed by atoms with Crippen molar-refractivity contribution in [2.75, 3.05) is 13.1 Å². The molecule has 72 valence electrons. The van der Waals surface area contributed by atoms with Gasteiger partial charge in [-0.25, -0.2) is 0 Å². The van der Waals surface area contributed by atoms with Crippen molar-refractivity contribution in [3.05, 3.63) is 35.4 Å². The average Bonchev–Trinajstić information content (AvgIpc) is 2.16. The Labute approximate surface area is 79.9 Å². The molecule has 2 heteroatoms. The van der Waals surface area contributed by atoms with E-state index in [9.17, 15) is 0 Å². The fourth-order valence-corrected chi connectivity index (χ4v) is 1.41. The van der Waals surface area contributed by atoms with Gasteiger partial charge in [0.2, 0.25) is 0 Å². The highest BCUT2D eigenvalue weighted by Gasteiger charge is 1.94. The molecule has 0 aliphatic rings. The minimum atomic E-state index is 0.723. The molecule has 13 heavy (non-hydrogen) atoms. The van der Waals surface area contributed by atoms with Crippen LogP contribution in [-0.4, -0.2) is 13.1 Å². The van der Waals surface area contributed by atoms with E-state index >= 15 is 0 Å². The molecule has 0 fully saturated rings. The number of benzene rings is 1. The molecule has 0 unspecified atom stereocenters. The number of hydrogen-bond acceptors (Lipinski definition) is 2. The molecule has 0 heterocycles. The summed E-state index contributed by atoms with van der Waals surface area (Å²) in [6.45, 7) is 1.49. The highest BCUT2D eigenvalue weighted by molar-refractivity contribution is 5.23. The third kappa shape index (κ3) is 3.57. The van der Waals surface area contributed by atoms with Gasteiger partial charge in [-0.1, -0.05) is 24.3 Å². The van der Waals surface area contributed by atoms with Crippen molar-refractivity contribution in [1.82, 2.24) is 0 Å². The van der Waals surface area contributed by atoms with Gasteiger partial charge in [0.1, 0.15) is 0 Å². The van der Waals surface area contributed by atoms with Crippen LogP contribution in [-0.2, 0) is 12.8 Å². The van der Waals surface area contributed by atoms with Gasteiger partial charge in [0.05, 0.1) is 0 Å². The fraction of sp³-hybridized carbons (Fsp3) is 0.455. The number of rotatable bonds is 5. The Morgan fingerprint density at radius 1 is 0.923 bits per heavy atom. The van der Waals surface area contributed by atoms with Gasteiger partial charge in [0.15, 0.2) is 0 Å². The molecule has 1 rings (SSSR count). The van der Waals surface area contributed by atoms with Gasteiger partial charge >= 0.3 is 0 Å². The Kier molecular flexibility index (Phi) is 4.50. The second-order valence-electron chi connectivity index (χ2n) is 3.25. The second kappa shape index (κ2) is 5.73. The summed E-state index contributed by atoms with van der Waals surface area (Å²) in [7, 11) is 0. The molecule has 0 saturated heterocycles. The van der Waals surface area contributed by atoms with Crippen LogP contribution in [0.2, 0.25) is 0 Å². The average molecular weight is 178 g/mol. The SMILES string of the molecule is NCCCc1cccc(CCN)c1. The molecule has 0 aliphatic heterocycles. The predicted molar refractivity (Wildman–Crippen MR) is 56.6 cm³/mol. The van der Waals surface area contributed by atoms with E-state index in [1.807, 2.05) is 0 Å². The highest BCUT2D eigenvalue weighted by Crippen LogP contribution is 2.07. The van der Waals surface area contributed by atoms with E-state index in [1.54, 1.807) is 0 Å². The molecule has 0 bridgehead atoms. The molecule has 4 N–H and O–H groups in total. The summed E-state index contributed by atoms with van der Waals surface area (Å²) in [5.41, 5.74) is 13.6. The maximum absolute atomic E-state index is 5.49. The van der Waals surface area contributed by atoms with Gasteiger partial charge in [-0.3, -0.25) is 0 Å². The number of nitrogens with two attached hydrogens (primary N) is 2. The van der Waals surface area contributed by atoms with Gasteiger partial charge in [-0.15, -0.1) is 0 Å². The van der Waals surface area contributed by atoms with E-state index in [1.165, 1.54) is 11.1 Å². The van der Waals surface area contributed by atoms with E-state index < -0.39 is 0 Å². The van der Waals surface area contributed by atoms with E-state index in [4.69, 9.17) is 11.5 Å². The molecule has 1 aromatic rings. The highest BCUT2D eigenvalue weighted by atomic mass is 14.5. The van der Waals surface area contributed by atoms with Gasteiger partial charge in [-0.05, 0) is 43.5 Å². The van der Waals surface area contributed by atoms with Crippen LogP contribution in [0.5, 0.6) is 0 Å². The molecule has 0 aliphatic carbocycles. The molecule has 0 amide bonds. The van der Waals surface area contributed by atoms with Crippen molar-refractivity contribution in [2.45, 2.75) is 19.3 Å². The van der Waals surface area contributed by atoms with Crippen LogP contribution in [0.25, 0.3) is 0 Å². The summed E-state index contributed by atoms with van der Waals surface area (Å²) < 4.78 is 0. The lowest BCUT2D eigenvalue weighted by Crippen LogP contribution is -2.04. The summed E-state index contributed by atoms with van der Waals surface area (Å²) in [6.07, 6.45) is 3.11. The molecular formula is C11H18N2. The summed E-state index contributed by atoms with van der Waals surface area (Å²) in [5, 5.41) is 0. The Balaban J connectivity index is 2.56. The maximum atomic E-state index is 5.49. The van der Waals surface area contributed by atoms with E-state index in [2.05, 4.69) is 24.3 Å². The lowest BCUT2D eigenvalue weighted by Gasteiger charge is -2.03. The second-order valence-corrected chi connectivity index (χ2v) is 3.25. The Morgan fingerprint density at radius 3 is 2.23 bits per heavy atom. The molecule has 0 saturated carbocycles.